The fourth-order valence-corrected chi connectivity index (χ4v) is 1.83. The molecule has 8 nitrogen and oxygen atoms in total. The predicted octanol–water partition coefficient (Wildman–Crippen LogP) is 2.03. The lowest BCUT2D eigenvalue weighted by Crippen LogP contribution is -2.26. The van der Waals surface area contributed by atoms with E-state index in [0.717, 1.165) is 19.3 Å². The number of methoxy groups -OCH3 is 4. The number of hydrogen-bond donors (Lipinski definition) is 0. The molecule has 146 valence electrons. The molecule has 0 aromatic carbocycles. The van der Waals surface area contributed by atoms with Gasteiger partial charge in [-0.2, -0.15) is 0 Å². The fourth-order valence-electron chi connectivity index (χ4n) is 1.83. The van der Waals surface area contributed by atoms with E-state index in [1.165, 1.54) is 41.3 Å². The summed E-state index contributed by atoms with van der Waals surface area (Å²) in [5.74, 6) is -2.91. The summed E-state index contributed by atoms with van der Waals surface area (Å²) in [6.07, 6.45) is 5.62. The van der Waals surface area contributed by atoms with Crippen molar-refractivity contribution >= 4 is 23.9 Å². The first-order chi connectivity index (χ1) is 11.9. The van der Waals surface area contributed by atoms with Crippen LogP contribution in [0, 0.1) is 5.92 Å². The maximum atomic E-state index is 11.3. The molecule has 0 radical (unpaired) electrons. The zero-order chi connectivity index (χ0) is 19.7. The van der Waals surface area contributed by atoms with Crippen LogP contribution >= 0.6 is 0 Å². The molecule has 0 aliphatic heterocycles. The normalized spacial score (nSPS) is 9.52. The average molecular weight is 362 g/mol. The smallest absolute Gasteiger partial charge is 0.320 e. The third-order valence-corrected chi connectivity index (χ3v) is 3.31. The van der Waals surface area contributed by atoms with Crippen molar-refractivity contribution in [3.8, 4) is 0 Å². The highest BCUT2D eigenvalue weighted by atomic mass is 16.5. The average Bonchev–Trinajstić information content (AvgIpc) is 2.63. The molecule has 0 aliphatic rings. The third-order valence-electron chi connectivity index (χ3n) is 3.31. The highest BCUT2D eigenvalue weighted by Gasteiger charge is 2.27. The molecular weight excluding hydrogens is 332 g/mol. The van der Waals surface area contributed by atoms with Crippen molar-refractivity contribution in [1.29, 1.82) is 0 Å². The van der Waals surface area contributed by atoms with Crippen LogP contribution in [0.15, 0.2) is 0 Å². The molecule has 0 fully saturated rings. The van der Waals surface area contributed by atoms with Gasteiger partial charge in [-0.05, 0) is 6.42 Å². The van der Waals surface area contributed by atoms with Crippen LogP contribution in [0.3, 0.4) is 0 Å². The Morgan fingerprint density at radius 2 is 1.12 bits per heavy atom. The van der Waals surface area contributed by atoms with Crippen LogP contribution in [-0.4, -0.2) is 52.3 Å². The lowest BCUT2D eigenvalue weighted by atomic mass is 10.0. The Morgan fingerprint density at radius 1 is 0.680 bits per heavy atom. The summed E-state index contributed by atoms with van der Waals surface area (Å²) in [6, 6.07) is 0. The van der Waals surface area contributed by atoms with Gasteiger partial charge in [0.25, 0.3) is 0 Å². The van der Waals surface area contributed by atoms with E-state index >= 15 is 0 Å². The molecule has 0 bridgehead atoms. The first-order valence-corrected chi connectivity index (χ1v) is 8.17. The summed E-state index contributed by atoms with van der Waals surface area (Å²) in [4.78, 5) is 43.1. The van der Waals surface area contributed by atoms with Gasteiger partial charge in [0, 0.05) is 0 Å². The first kappa shape index (κ1) is 25.1. The van der Waals surface area contributed by atoms with Gasteiger partial charge in [0.1, 0.15) is 6.42 Å². The van der Waals surface area contributed by atoms with Crippen molar-refractivity contribution in [2.75, 3.05) is 28.4 Å². The number of ether oxygens (including phenoxy) is 4. The fraction of sp³-hybridized carbons (Fsp3) is 0.765. The number of unbranched alkanes of at least 4 members (excludes halogenated alkanes) is 4. The van der Waals surface area contributed by atoms with Crippen LogP contribution in [0.25, 0.3) is 0 Å². The minimum Gasteiger partial charge on any atom is -0.469 e. The third kappa shape index (κ3) is 14.0. The summed E-state index contributed by atoms with van der Waals surface area (Å²) in [5, 5.41) is 0. The molecule has 0 heterocycles. The van der Waals surface area contributed by atoms with Crippen molar-refractivity contribution in [1.82, 2.24) is 0 Å². The number of hydrogen-bond acceptors (Lipinski definition) is 8. The van der Waals surface area contributed by atoms with Gasteiger partial charge >= 0.3 is 23.9 Å². The predicted molar refractivity (Wildman–Crippen MR) is 89.5 cm³/mol. The Labute approximate surface area is 149 Å². The van der Waals surface area contributed by atoms with E-state index in [1.807, 2.05) is 0 Å². The highest BCUT2D eigenvalue weighted by molar-refractivity contribution is 5.94. The Morgan fingerprint density at radius 3 is 1.48 bits per heavy atom. The first-order valence-electron chi connectivity index (χ1n) is 8.17. The van der Waals surface area contributed by atoms with Crippen molar-refractivity contribution < 1.29 is 38.1 Å². The summed E-state index contributed by atoms with van der Waals surface area (Å²) in [5.41, 5.74) is 0. The molecule has 0 atom stereocenters. The van der Waals surface area contributed by atoms with Crippen LogP contribution in [0.1, 0.15) is 51.9 Å². The summed E-state index contributed by atoms with van der Waals surface area (Å²) < 4.78 is 17.5. The molecule has 0 spiro atoms. The Kier molecular flexibility index (Phi) is 16.8. The minimum absolute atomic E-state index is 0.312. The molecule has 0 aliphatic carbocycles. The summed E-state index contributed by atoms with van der Waals surface area (Å²) in [6.45, 7) is 2.14. The largest absolute Gasteiger partial charge is 0.469 e. The quantitative estimate of drug-likeness (QED) is 0.252. The van der Waals surface area contributed by atoms with E-state index in [-0.39, 0.29) is 6.42 Å². The van der Waals surface area contributed by atoms with Crippen molar-refractivity contribution in [2.24, 2.45) is 5.92 Å². The molecule has 0 aromatic rings. The molecule has 0 N–H and O–H groups in total. The van der Waals surface area contributed by atoms with E-state index in [4.69, 9.17) is 0 Å². The molecule has 0 saturated carbocycles. The van der Waals surface area contributed by atoms with Crippen molar-refractivity contribution in [3.05, 3.63) is 0 Å². The highest BCUT2D eigenvalue weighted by Crippen LogP contribution is 2.14. The number of carbonyl (C=O) groups is 4. The van der Waals surface area contributed by atoms with Crippen LogP contribution in [0.2, 0.25) is 0 Å². The van der Waals surface area contributed by atoms with Crippen LogP contribution in [0.4, 0.5) is 0 Å². The van der Waals surface area contributed by atoms with Gasteiger partial charge in [-0.3, -0.25) is 19.2 Å². The molecular formula is C17H30O8. The van der Waals surface area contributed by atoms with Crippen molar-refractivity contribution in [3.63, 3.8) is 0 Å². The Balaban J connectivity index is 0. The molecule has 25 heavy (non-hydrogen) atoms. The zero-order valence-electron chi connectivity index (χ0n) is 15.8. The summed E-state index contributed by atoms with van der Waals surface area (Å²) in [7, 11) is 5.00. The van der Waals surface area contributed by atoms with Gasteiger partial charge in [0.2, 0.25) is 0 Å². The van der Waals surface area contributed by atoms with Crippen molar-refractivity contribution in [2.45, 2.75) is 51.9 Å². The van der Waals surface area contributed by atoms with Gasteiger partial charge < -0.3 is 18.9 Å². The zero-order valence-corrected chi connectivity index (χ0v) is 15.8. The second-order valence-electron chi connectivity index (χ2n) is 5.13. The van der Waals surface area contributed by atoms with E-state index in [1.54, 1.807) is 0 Å². The minimum atomic E-state index is -0.753. The van der Waals surface area contributed by atoms with E-state index < -0.39 is 29.8 Å². The standard InChI is InChI=1S/C12H22O4.C5H8O4/c1-4-5-6-7-8-9-10(11(13)15-2)12(14)16-3;1-8-4(6)3-5(7)9-2/h10H,4-9H2,1-3H3;3H2,1-2H3. The second-order valence-corrected chi connectivity index (χ2v) is 5.13. The van der Waals surface area contributed by atoms with Crippen LogP contribution < -0.4 is 0 Å². The number of carbonyl (C=O) groups excluding carboxylic acids is 4. The maximum Gasteiger partial charge on any atom is 0.320 e. The molecule has 0 amide bonds. The maximum absolute atomic E-state index is 11.3. The molecule has 0 unspecified atom stereocenters. The molecule has 0 rings (SSSR count). The van der Waals surface area contributed by atoms with E-state index in [2.05, 4.69) is 25.9 Å². The van der Waals surface area contributed by atoms with Gasteiger partial charge in [-0.15, -0.1) is 0 Å². The Hall–Kier alpha value is -2.12. The number of rotatable bonds is 10. The van der Waals surface area contributed by atoms with Crippen LogP contribution in [-0.2, 0) is 38.1 Å². The van der Waals surface area contributed by atoms with Gasteiger partial charge in [-0.1, -0.05) is 39.0 Å². The number of esters is 4. The van der Waals surface area contributed by atoms with Crippen LogP contribution in [0.5, 0.6) is 0 Å². The van der Waals surface area contributed by atoms with Gasteiger partial charge in [0.05, 0.1) is 28.4 Å². The molecule has 0 saturated heterocycles. The molecule has 8 heteroatoms. The Bertz CT molecular complexity index is 375. The van der Waals surface area contributed by atoms with Gasteiger partial charge in [0.15, 0.2) is 5.92 Å². The topological polar surface area (TPSA) is 105 Å². The summed E-state index contributed by atoms with van der Waals surface area (Å²) >= 11 is 0. The lowest BCUT2D eigenvalue weighted by Gasteiger charge is -2.11. The molecule has 0 aromatic heterocycles. The second kappa shape index (κ2) is 16.7. The lowest BCUT2D eigenvalue weighted by molar-refractivity contribution is -0.159. The van der Waals surface area contributed by atoms with E-state index in [0.29, 0.717) is 6.42 Å². The van der Waals surface area contributed by atoms with Gasteiger partial charge in [-0.25, -0.2) is 0 Å². The monoisotopic (exact) mass is 362 g/mol. The SMILES string of the molecule is CCCCCCCC(C(=O)OC)C(=O)OC.COC(=O)CC(=O)OC. The van der Waals surface area contributed by atoms with E-state index in [9.17, 15) is 19.2 Å².